The Morgan fingerprint density at radius 3 is 1.87 bits per heavy atom. The van der Waals surface area contributed by atoms with Crippen LogP contribution < -0.4 is 15.7 Å². The maximum atomic E-state index is 11.6. The Morgan fingerprint density at radius 1 is 0.957 bits per heavy atom. The van der Waals surface area contributed by atoms with Crippen molar-refractivity contribution in [2.24, 2.45) is 0 Å². The van der Waals surface area contributed by atoms with Gasteiger partial charge in [0.15, 0.2) is 0 Å². The predicted molar refractivity (Wildman–Crippen MR) is 81.6 cm³/mol. The molecular weight excluding hydrogens is 304 g/mol. The molecule has 0 saturated carbocycles. The van der Waals surface area contributed by atoms with Crippen molar-refractivity contribution in [1.29, 1.82) is 0 Å². The summed E-state index contributed by atoms with van der Waals surface area (Å²) in [4.78, 5) is 34.0. The van der Waals surface area contributed by atoms with Gasteiger partial charge in [0, 0.05) is 6.54 Å². The zero-order valence-electron chi connectivity index (χ0n) is 14.6. The molecule has 134 valence electrons. The van der Waals surface area contributed by atoms with E-state index in [0.29, 0.717) is 6.42 Å². The van der Waals surface area contributed by atoms with E-state index in [4.69, 9.17) is 9.47 Å². The number of ether oxygens (including phenoxy) is 2. The fourth-order valence-corrected chi connectivity index (χ4v) is 1.51. The molecule has 0 fully saturated rings. The highest BCUT2D eigenvalue weighted by Gasteiger charge is 2.20. The van der Waals surface area contributed by atoms with Gasteiger partial charge in [-0.15, -0.1) is 0 Å². The maximum absolute atomic E-state index is 11.6. The number of carboxylic acids is 1. The first-order chi connectivity index (χ1) is 10.3. The van der Waals surface area contributed by atoms with E-state index in [0.717, 1.165) is 0 Å². The standard InChI is InChI=1S/C15H28N2O6/c1-14(2,3)22-12(20)16-9-7-8-10(11(18)19)17-13(21)23-15(4,5)6/h10H,7-9H2,1-6H3,(H,16,20)(H,17,21)(H,18,19)/p-1/t10-/m1/s1. The van der Waals surface area contributed by atoms with E-state index in [9.17, 15) is 19.5 Å². The number of aliphatic carboxylic acids is 1. The Hall–Kier alpha value is -1.99. The first-order valence-electron chi connectivity index (χ1n) is 7.47. The minimum atomic E-state index is -1.41. The largest absolute Gasteiger partial charge is 0.548 e. The maximum Gasteiger partial charge on any atom is 0.408 e. The topological polar surface area (TPSA) is 117 Å². The van der Waals surface area contributed by atoms with E-state index in [1.807, 2.05) is 0 Å². The third kappa shape index (κ3) is 12.3. The molecule has 8 nitrogen and oxygen atoms in total. The van der Waals surface area contributed by atoms with Gasteiger partial charge >= 0.3 is 12.2 Å². The van der Waals surface area contributed by atoms with Gasteiger partial charge in [-0.05, 0) is 54.4 Å². The Balaban J connectivity index is 4.19. The third-order valence-electron chi connectivity index (χ3n) is 2.31. The van der Waals surface area contributed by atoms with Crippen LogP contribution in [-0.4, -0.2) is 41.9 Å². The summed E-state index contributed by atoms with van der Waals surface area (Å²) in [6.07, 6.45) is -0.986. The van der Waals surface area contributed by atoms with Crippen LogP contribution in [0.3, 0.4) is 0 Å². The Bertz CT molecular complexity index is 423. The van der Waals surface area contributed by atoms with Gasteiger partial charge in [-0.25, -0.2) is 9.59 Å². The molecule has 0 radical (unpaired) electrons. The summed E-state index contributed by atoms with van der Waals surface area (Å²) in [5.41, 5.74) is -1.32. The highest BCUT2D eigenvalue weighted by atomic mass is 16.6. The number of carbonyl (C=O) groups excluding carboxylic acids is 3. The molecule has 0 rings (SSSR count). The van der Waals surface area contributed by atoms with E-state index in [-0.39, 0.29) is 13.0 Å². The van der Waals surface area contributed by atoms with Gasteiger partial charge in [-0.2, -0.15) is 0 Å². The monoisotopic (exact) mass is 331 g/mol. The lowest BCUT2D eigenvalue weighted by Crippen LogP contribution is -2.49. The van der Waals surface area contributed by atoms with Crippen LogP contribution in [0.1, 0.15) is 54.4 Å². The Kier molecular flexibility index (Phi) is 7.85. The van der Waals surface area contributed by atoms with Crippen LogP contribution in [0.15, 0.2) is 0 Å². The lowest BCUT2D eigenvalue weighted by atomic mass is 10.1. The molecule has 2 N–H and O–H groups in total. The summed E-state index contributed by atoms with van der Waals surface area (Å²) in [6, 6.07) is -1.19. The van der Waals surface area contributed by atoms with Crippen molar-refractivity contribution < 1.29 is 29.0 Å². The van der Waals surface area contributed by atoms with E-state index in [2.05, 4.69) is 10.6 Å². The van der Waals surface area contributed by atoms with Crippen molar-refractivity contribution in [2.75, 3.05) is 6.54 Å². The van der Waals surface area contributed by atoms with Crippen molar-refractivity contribution in [1.82, 2.24) is 10.6 Å². The van der Waals surface area contributed by atoms with Crippen LogP contribution in [0.5, 0.6) is 0 Å². The summed E-state index contributed by atoms with van der Waals surface area (Å²) in [7, 11) is 0. The molecule has 0 aromatic rings. The fourth-order valence-electron chi connectivity index (χ4n) is 1.51. The molecule has 2 amide bonds. The number of carboxylic acid groups (broad SMARTS) is 1. The molecule has 0 aliphatic rings. The summed E-state index contributed by atoms with van der Waals surface area (Å²) >= 11 is 0. The van der Waals surface area contributed by atoms with Crippen LogP contribution in [0.4, 0.5) is 9.59 Å². The molecule has 23 heavy (non-hydrogen) atoms. The molecule has 8 heteroatoms. The van der Waals surface area contributed by atoms with Gasteiger partial charge in [0.2, 0.25) is 0 Å². The SMILES string of the molecule is CC(C)(C)OC(=O)NCCC[C@@H](NC(=O)OC(C)(C)C)C(=O)[O-]. The molecule has 1 atom stereocenters. The second-order valence-electron chi connectivity index (χ2n) is 7.09. The summed E-state index contributed by atoms with van der Waals surface area (Å²) in [5, 5.41) is 15.8. The molecule has 0 unspecified atom stereocenters. The minimum absolute atomic E-state index is 0.0946. The Labute approximate surface area is 136 Å². The number of nitrogens with one attached hydrogen (secondary N) is 2. The van der Waals surface area contributed by atoms with Crippen LogP contribution in [0.2, 0.25) is 0 Å². The average molecular weight is 331 g/mol. The minimum Gasteiger partial charge on any atom is -0.548 e. The fraction of sp³-hybridized carbons (Fsp3) is 0.800. The molecule has 0 aromatic carbocycles. The van der Waals surface area contributed by atoms with Gasteiger partial charge in [-0.3, -0.25) is 0 Å². The van der Waals surface area contributed by atoms with Crippen molar-refractivity contribution in [3.05, 3.63) is 0 Å². The summed E-state index contributed by atoms with van der Waals surface area (Å²) in [6.45, 7) is 10.5. The second-order valence-corrected chi connectivity index (χ2v) is 7.09. The van der Waals surface area contributed by atoms with Gasteiger partial charge in [-0.1, -0.05) is 0 Å². The van der Waals surface area contributed by atoms with Crippen molar-refractivity contribution in [3.63, 3.8) is 0 Å². The van der Waals surface area contributed by atoms with Gasteiger partial charge in [0.05, 0.1) is 12.0 Å². The highest BCUT2D eigenvalue weighted by molar-refractivity contribution is 5.78. The quantitative estimate of drug-likeness (QED) is 0.699. The zero-order valence-corrected chi connectivity index (χ0v) is 14.6. The molecule has 0 spiro atoms. The molecule has 0 bridgehead atoms. The number of hydrogen-bond donors (Lipinski definition) is 2. The van der Waals surface area contributed by atoms with Crippen LogP contribution in [-0.2, 0) is 14.3 Å². The summed E-state index contributed by atoms with van der Waals surface area (Å²) in [5.74, 6) is -1.41. The predicted octanol–water partition coefficient (Wildman–Crippen LogP) is 0.935. The van der Waals surface area contributed by atoms with Gasteiger partial charge in [0.25, 0.3) is 0 Å². The molecule has 0 heterocycles. The molecular formula is C15H27N2O6-. The van der Waals surface area contributed by atoms with Crippen molar-refractivity contribution >= 4 is 18.2 Å². The van der Waals surface area contributed by atoms with Gasteiger partial charge in [0.1, 0.15) is 11.2 Å². The van der Waals surface area contributed by atoms with Crippen molar-refractivity contribution in [2.45, 2.75) is 71.6 Å². The number of carbonyl (C=O) groups is 3. The smallest absolute Gasteiger partial charge is 0.408 e. The number of amides is 2. The number of rotatable bonds is 6. The van der Waals surface area contributed by atoms with Crippen LogP contribution in [0, 0.1) is 0 Å². The third-order valence-corrected chi connectivity index (χ3v) is 2.31. The van der Waals surface area contributed by atoms with E-state index in [1.54, 1.807) is 41.5 Å². The first kappa shape index (κ1) is 21.0. The van der Waals surface area contributed by atoms with Gasteiger partial charge < -0.3 is 30.0 Å². The lowest BCUT2D eigenvalue weighted by molar-refractivity contribution is -0.308. The first-order valence-corrected chi connectivity index (χ1v) is 7.47. The lowest BCUT2D eigenvalue weighted by Gasteiger charge is -2.24. The van der Waals surface area contributed by atoms with Crippen LogP contribution in [0.25, 0.3) is 0 Å². The Morgan fingerprint density at radius 2 is 1.43 bits per heavy atom. The molecule has 0 aliphatic heterocycles. The zero-order chi connectivity index (χ0) is 18.3. The average Bonchev–Trinajstić information content (AvgIpc) is 2.27. The van der Waals surface area contributed by atoms with E-state index >= 15 is 0 Å². The van der Waals surface area contributed by atoms with E-state index < -0.39 is 35.4 Å². The molecule has 0 aromatic heterocycles. The molecule has 0 aliphatic carbocycles. The number of hydrogen-bond acceptors (Lipinski definition) is 6. The molecule has 0 saturated heterocycles. The number of alkyl carbamates (subject to hydrolysis) is 2. The van der Waals surface area contributed by atoms with Crippen molar-refractivity contribution in [3.8, 4) is 0 Å². The normalized spacial score (nSPS) is 13.0. The second kappa shape index (κ2) is 8.59. The van der Waals surface area contributed by atoms with E-state index in [1.165, 1.54) is 0 Å². The summed E-state index contributed by atoms with van der Waals surface area (Å²) < 4.78 is 10.0. The van der Waals surface area contributed by atoms with Crippen LogP contribution >= 0.6 is 0 Å². The highest BCUT2D eigenvalue weighted by Crippen LogP contribution is 2.08.